The Labute approximate surface area is 89.7 Å². The van der Waals surface area contributed by atoms with Gasteiger partial charge in [0, 0.05) is 0 Å². The fourth-order valence-electron chi connectivity index (χ4n) is 1.42. The lowest BCUT2D eigenvalue weighted by molar-refractivity contribution is -0.150. The molecule has 0 N–H and O–H groups in total. The molecule has 0 atom stereocenters. The summed E-state index contributed by atoms with van der Waals surface area (Å²) in [5.41, 5.74) is 0. The second-order valence-electron chi connectivity index (χ2n) is 3.47. The number of rotatable bonds is 4. The van der Waals surface area contributed by atoms with Gasteiger partial charge in [-0.3, -0.25) is 0 Å². The fraction of sp³-hybridized carbons (Fsp3) is 0.889. The summed E-state index contributed by atoms with van der Waals surface area (Å²) in [6.45, 7) is 1.98. The Morgan fingerprint density at radius 2 is 1.93 bits per heavy atom. The molecular weight excluding hydrogens is 220 g/mol. The molecule has 0 aliphatic carbocycles. The molecule has 0 unspecified atom stereocenters. The van der Waals surface area contributed by atoms with Gasteiger partial charge in [0.1, 0.15) is 6.61 Å². The molecule has 0 aromatic carbocycles. The van der Waals surface area contributed by atoms with Crippen LogP contribution in [0.25, 0.3) is 0 Å². The van der Waals surface area contributed by atoms with Crippen LogP contribution < -0.4 is 0 Å². The molecule has 6 heteroatoms. The fourth-order valence-corrected chi connectivity index (χ4v) is 2.87. The average molecular weight is 236 g/mol. The van der Waals surface area contributed by atoms with E-state index in [0.29, 0.717) is 19.4 Å². The van der Waals surface area contributed by atoms with Crippen LogP contribution in [0.4, 0.5) is 0 Å². The second kappa shape index (κ2) is 5.46. The van der Waals surface area contributed by atoms with Gasteiger partial charge in [0.05, 0.1) is 24.2 Å². The van der Waals surface area contributed by atoms with Gasteiger partial charge in [-0.2, -0.15) is 0 Å². The number of esters is 1. The summed E-state index contributed by atoms with van der Waals surface area (Å²) >= 11 is 0. The summed E-state index contributed by atoms with van der Waals surface area (Å²) in [4.78, 5) is 10.9. The number of sulfone groups is 1. The van der Waals surface area contributed by atoms with Crippen LogP contribution in [0, 0.1) is 0 Å². The Balaban J connectivity index is 2.22. The third-order valence-corrected chi connectivity index (χ3v) is 3.96. The van der Waals surface area contributed by atoms with Crippen LogP contribution in [0.5, 0.6) is 0 Å². The van der Waals surface area contributed by atoms with Gasteiger partial charge in [0.25, 0.3) is 0 Å². The summed E-state index contributed by atoms with van der Waals surface area (Å²) in [5.74, 6) is -0.0908. The number of carbonyl (C=O) groups is 1. The van der Waals surface area contributed by atoms with E-state index >= 15 is 0 Å². The van der Waals surface area contributed by atoms with Gasteiger partial charge >= 0.3 is 5.97 Å². The zero-order valence-corrected chi connectivity index (χ0v) is 9.59. The van der Waals surface area contributed by atoms with E-state index in [2.05, 4.69) is 0 Å². The van der Waals surface area contributed by atoms with Gasteiger partial charge in [-0.05, 0) is 19.8 Å². The van der Waals surface area contributed by atoms with E-state index in [1.807, 2.05) is 0 Å². The quantitative estimate of drug-likeness (QED) is 0.649. The van der Waals surface area contributed by atoms with E-state index in [1.165, 1.54) is 0 Å². The molecule has 0 bridgehead atoms. The minimum Gasteiger partial charge on any atom is -0.464 e. The summed E-state index contributed by atoms with van der Waals surface area (Å²) in [7, 11) is -2.86. The molecular formula is C9H16O5S. The lowest BCUT2D eigenvalue weighted by Crippen LogP contribution is -2.30. The van der Waals surface area contributed by atoms with Crippen LogP contribution >= 0.6 is 0 Å². The van der Waals surface area contributed by atoms with Crippen molar-refractivity contribution in [2.45, 2.75) is 25.9 Å². The number of hydrogen-bond acceptors (Lipinski definition) is 5. The summed E-state index contributed by atoms with van der Waals surface area (Å²) < 4.78 is 32.1. The van der Waals surface area contributed by atoms with Gasteiger partial charge in [-0.1, -0.05) is 0 Å². The first-order valence-electron chi connectivity index (χ1n) is 5.01. The second-order valence-corrected chi connectivity index (χ2v) is 5.77. The average Bonchev–Trinajstić information content (AvgIpc) is 2.17. The van der Waals surface area contributed by atoms with Crippen molar-refractivity contribution in [1.29, 1.82) is 0 Å². The lowest BCUT2D eigenvalue weighted by Gasteiger charge is -2.21. The van der Waals surface area contributed by atoms with E-state index < -0.39 is 15.8 Å². The molecule has 1 fully saturated rings. The third-order valence-electron chi connectivity index (χ3n) is 2.24. The number of hydrogen-bond donors (Lipinski definition) is 0. The Bertz CT molecular complexity index is 294. The molecule has 0 amide bonds. The zero-order chi connectivity index (χ0) is 11.3. The third kappa shape index (κ3) is 4.61. The SMILES string of the molecule is CCOC(=O)COC1CCS(=O)(=O)CC1. The Hall–Kier alpha value is -0.620. The van der Waals surface area contributed by atoms with Crippen molar-refractivity contribution in [2.75, 3.05) is 24.7 Å². The molecule has 1 heterocycles. The van der Waals surface area contributed by atoms with Gasteiger partial charge in [-0.15, -0.1) is 0 Å². The maximum absolute atomic E-state index is 11.1. The molecule has 0 aromatic rings. The lowest BCUT2D eigenvalue weighted by atomic mass is 10.2. The monoisotopic (exact) mass is 236 g/mol. The maximum atomic E-state index is 11.1. The van der Waals surface area contributed by atoms with Gasteiger partial charge < -0.3 is 9.47 Å². The first-order chi connectivity index (χ1) is 7.03. The van der Waals surface area contributed by atoms with Crippen molar-refractivity contribution in [1.82, 2.24) is 0 Å². The first-order valence-corrected chi connectivity index (χ1v) is 6.83. The molecule has 1 aliphatic rings. The Kier molecular flexibility index (Phi) is 4.53. The molecule has 0 spiro atoms. The Morgan fingerprint density at radius 1 is 1.33 bits per heavy atom. The topological polar surface area (TPSA) is 69.7 Å². The van der Waals surface area contributed by atoms with E-state index in [9.17, 15) is 13.2 Å². The van der Waals surface area contributed by atoms with Crippen molar-refractivity contribution in [3.8, 4) is 0 Å². The predicted molar refractivity (Wildman–Crippen MR) is 54.3 cm³/mol. The van der Waals surface area contributed by atoms with Crippen LogP contribution in [0.3, 0.4) is 0 Å². The highest BCUT2D eigenvalue weighted by Gasteiger charge is 2.24. The zero-order valence-electron chi connectivity index (χ0n) is 8.77. The molecule has 88 valence electrons. The van der Waals surface area contributed by atoms with Crippen LogP contribution in [0.1, 0.15) is 19.8 Å². The number of carbonyl (C=O) groups excluding carboxylic acids is 1. The van der Waals surface area contributed by atoms with Crippen molar-refractivity contribution in [3.63, 3.8) is 0 Å². The Morgan fingerprint density at radius 3 is 2.47 bits per heavy atom. The van der Waals surface area contributed by atoms with Crippen molar-refractivity contribution in [2.24, 2.45) is 0 Å². The molecule has 1 aliphatic heterocycles. The predicted octanol–water partition coefficient (Wildman–Crippen LogP) is 0.143. The van der Waals surface area contributed by atoms with Crippen LogP contribution in [0.15, 0.2) is 0 Å². The van der Waals surface area contributed by atoms with Crippen molar-refractivity contribution in [3.05, 3.63) is 0 Å². The molecule has 0 aromatic heterocycles. The molecule has 0 radical (unpaired) electrons. The van der Waals surface area contributed by atoms with E-state index in [4.69, 9.17) is 9.47 Å². The highest BCUT2D eigenvalue weighted by molar-refractivity contribution is 7.91. The van der Waals surface area contributed by atoms with Crippen LogP contribution in [0.2, 0.25) is 0 Å². The normalized spacial score (nSPS) is 21.1. The van der Waals surface area contributed by atoms with E-state index in [1.54, 1.807) is 6.92 Å². The van der Waals surface area contributed by atoms with Gasteiger partial charge in [0.15, 0.2) is 9.84 Å². The smallest absolute Gasteiger partial charge is 0.332 e. The molecule has 1 rings (SSSR count). The van der Waals surface area contributed by atoms with E-state index in [0.717, 1.165) is 0 Å². The highest BCUT2D eigenvalue weighted by atomic mass is 32.2. The number of ether oxygens (including phenoxy) is 2. The largest absolute Gasteiger partial charge is 0.464 e. The standard InChI is InChI=1S/C9H16O5S/c1-2-13-9(10)7-14-8-3-5-15(11,12)6-4-8/h8H,2-7H2,1H3. The minimum atomic E-state index is -2.86. The molecule has 0 saturated carbocycles. The summed E-state index contributed by atoms with van der Waals surface area (Å²) in [6, 6.07) is 0. The highest BCUT2D eigenvalue weighted by Crippen LogP contribution is 2.15. The molecule has 5 nitrogen and oxygen atoms in total. The first kappa shape index (κ1) is 12.4. The minimum absolute atomic E-state index is 0.0848. The summed E-state index contributed by atoms with van der Waals surface area (Å²) in [5, 5.41) is 0. The van der Waals surface area contributed by atoms with Gasteiger partial charge in [-0.25, -0.2) is 13.2 Å². The molecule has 1 saturated heterocycles. The van der Waals surface area contributed by atoms with Gasteiger partial charge in [0.2, 0.25) is 0 Å². The molecule has 15 heavy (non-hydrogen) atoms. The van der Waals surface area contributed by atoms with Crippen molar-refractivity contribution < 1.29 is 22.7 Å². The summed E-state index contributed by atoms with van der Waals surface area (Å²) in [6.07, 6.45) is 0.821. The van der Waals surface area contributed by atoms with Crippen molar-refractivity contribution >= 4 is 15.8 Å². The maximum Gasteiger partial charge on any atom is 0.332 e. The van der Waals surface area contributed by atoms with E-state index in [-0.39, 0.29) is 24.2 Å². The van der Waals surface area contributed by atoms with Crippen LogP contribution in [-0.2, 0) is 24.1 Å². The van der Waals surface area contributed by atoms with Crippen LogP contribution in [-0.4, -0.2) is 45.2 Å².